The number of aromatic amines is 1. The minimum Gasteiger partial charge on any atom is -0.329 e. The Morgan fingerprint density at radius 1 is 1.67 bits per heavy atom. The largest absolute Gasteiger partial charge is 0.329 e. The second kappa shape index (κ2) is 2.55. The molecule has 0 spiro atoms. The Bertz CT molecular complexity index is 270. The molecule has 0 unspecified atom stereocenters. The number of aromatic nitrogens is 1. The molecule has 0 aliphatic heterocycles. The summed E-state index contributed by atoms with van der Waals surface area (Å²) in [7, 11) is 5.35. The molecular formula is C5H3BINO. The standard InChI is InChI=1S/C5H3BINO/c6-3-1-4(7)5(9)8-2-3/h1-2H,(H,8,9). The monoisotopic (exact) mass is 231 g/mol. The lowest BCUT2D eigenvalue weighted by molar-refractivity contribution is 1.23. The third kappa shape index (κ3) is 1.57. The van der Waals surface area contributed by atoms with Crippen LogP contribution in [0.5, 0.6) is 0 Å². The summed E-state index contributed by atoms with van der Waals surface area (Å²) in [5.41, 5.74) is 0.490. The van der Waals surface area contributed by atoms with Gasteiger partial charge in [0.2, 0.25) is 0 Å². The maximum absolute atomic E-state index is 10.7. The van der Waals surface area contributed by atoms with Crippen molar-refractivity contribution in [3.8, 4) is 0 Å². The summed E-state index contributed by atoms with van der Waals surface area (Å²) in [6.07, 6.45) is 1.48. The van der Waals surface area contributed by atoms with Gasteiger partial charge in [0.25, 0.3) is 5.56 Å². The van der Waals surface area contributed by atoms with E-state index in [4.69, 9.17) is 7.85 Å². The highest BCUT2D eigenvalue weighted by molar-refractivity contribution is 14.1. The van der Waals surface area contributed by atoms with E-state index in [9.17, 15) is 4.79 Å². The van der Waals surface area contributed by atoms with Gasteiger partial charge >= 0.3 is 0 Å². The van der Waals surface area contributed by atoms with Gasteiger partial charge in [-0.25, -0.2) is 0 Å². The first-order valence-corrected chi connectivity index (χ1v) is 3.42. The fraction of sp³-hybridized carbons (Fsp3) is 0. The number of nitrogens with one attached hydrogen (secondary N) is 1. The van der Waals surface area contributed by atoms with E-state index in [1.54, 1.807) is 6.07 Å². The average Bonchev–Trinajstić information content (AvgIpc) is 1.80. The first-order chi connectivity index (χ1) is 4.20. The third-order valence-corrected chi connectivity index (χ3v) is 1.68. The molecule has 0 aliphatic carbocycles. The van der Waals surface area contributed by atoms with Gasteiger partial charge in [0, 0.05) is 0 Å². The number of H-pyrrole nitrogens is 1. The van der Waals surface area contributed by atoms with Crippen LogP contribution in [0.1, 0.15) is 0 Å². The minimum atomic E-state index is -0.0928. The molecule has 1 heterocycles. The van der Waals surface area contributed by atoms with Crippen LogP contribution in [0, 0.1) is 3.57 Å². The van der Waals surface area contributed by atoms with Crippen LogP contribution in [0.2, 0.25) is 0 Å². The van der Waals surface area contributed by atoms with Gasteiger partial charge in [-0.05, 0) is 34.9 Å². The lowest BCUT2D eigenvalue weighted by atomic mass is 9.99. The van der Waals surface area contributed by atoms with Crippen LogP contribution in [0.25, 0.3) is 0 Å². The molecule has 0 bridgehead atoms. The Morgan fingerprint density at radius 3 is 2.78 bits per heavy atom. The van der Waals surface area contributed by atoms with Crippen LogP contribution in [-0.2, 0) is 0 Å². The van der Waals surface area contributed by atoms with Crippen molar-refractivity contribution in [3.05, 3.63) is 26.2 Å². The SMILES string of the molecule is [B]c1c[nH]c(=O)c(I)c1. The summed E-state index contributed by atoms with van der Waals surface area (Å²) in [5.74, 6) is 0. The third-order valence-electron chi connectivity index (χ3n) is 0.880. The second-order valence-corrected chi connectivity index (χ2v) is 2.77. The van der Waals surface area contributed by atoms with Crippen molar-refractivity contribution >= 4 is 35.9 Å². The second-order valence-electron chi connectivity index (χ2n) is 1.61. The van der Waals surface area contributed by atoms with E-state index in [1.807, 2.05) is 22.6 Å². The first-order valence-electron chi connectivity index (χ1n) is 2.34. The zero-order valence-electron chi connectivity index (χ0n) is 4.52. The van der Waals surface area contributed by atoms with Crippen LogP contribution in [0.4, 0.5) is 0 Å². The molecule has 0 amide bonds. The van der Waals surface area contributed by atoms with Gasteiger partial charge in [-0.3, -0.25) is 4.79 Å². The Balaban J connectivity index is 3.34. The summed E-state index contributed by atoms with van der Waals surface area (Å²) in [6.45, 7) is 0. The van der Waals surface area contributed by atoms with Gasteiger partial charge < -0.3 is 4.98 Å². The zero-order valence-corrected chi connectivity index (χ0v) is 6.68. The van der Waals surface area contributed by atoms with Crippen molar-refractivity contribution < 1.29 is 0 Å². The molecular weight excluding hydrogens is 228 g/mol. The van der Waals surface area contributed by atoms with E-state index >= 15 is 0 Å². The molecule has 1 rings (SSSR count). The van der Waals surface area contributed by atoms with Gasteiger partial charge in [0.05, 0.1) is 3.57 Å². The molecule has 1 N–H and O–H groups in total. The molecule has 0 aliphatic rings. The predicted molar refractivity (Wildman–Crippen MR) is 45.2 cm³/mol. The molecule has 0 atom stereocenters. The highest BCUT2D eigenvalue weighted by atomic mass is 127. The molecule has 44 valence electrons. The minimum absolute atomic E-state index is 0.0928. The van der Waals surface area contributed by atoms with Crippen LogP contribution >= 0.6 is 22.6 Å². The average molecular weight is 231 g/mol. The van der Waals surface area contributed by atoms with E-state index in [2.05, 4.69) is 4.98 Å². The summed E-state index contributed by atoms with van der Waals surface area (Å²) in [6, 6.07) is 1.62. The molecule has 9 heavy (non-hydrogen) atoms. The fourth-order valence-electron chi connectivity index (χ4n) is 0.471. The van der Waals surface area contributed by atoms with Crippen molar-refractivity contribution in [1.82, 2.24) is 4.98 Å². The maximum Gasteiger partial charge on any atom is 0.261 e. The summed E-state index contributed by atoms with van der Waals surface area (Å²) >= 11 is 1.93. The van der Waals surface area contributed by atoms with E-state index in [0.29, 0.717) is 9.03 Å². The summed E-state index contributed by atoms with van der Waals surface area (Å²) in [5, 5.41) is 0. The lowest BCUT2D eigenvalue weighted by Gasteiger charge is -1.89. The molecule has 2 nitrogen and oxygen atoms in total. The van der Waals surface area contributed by atoms with Crippen LogP contribution in [-0.4, -0.2) is 12.8 Å². The highest BCUT2D eigenvalue weighted by Gasteiger charge is 1.90. The molecule has 4 heteroatoms. The van der Waals surface area contributed by atoms with Gasteiger partial charge in [-0.1, -0.05) is 5.46 Å². The van der Waals surface area contributed by atoms with Crippen LogP contribution in [0.15, 0.2) is 17.1 Å². The Labute approximate surface area is 67.2 Å². The van der Waals surface area contributed by atoms with Crippen molar-refractivity contribution in [3.63, 3.8) is 0 Å². The molecule has 1 aromatic rings. The normalized spacial score (nSPS) is 9.44. The molecule has 0 fully saturated rings. The summed E-state index contributed by atoms with van der Waals surface area (Å²) < 4.78 is 0.618. The quantitative estimate of drug-likeness (QED) is 0.485. The van der Waals surface area contributed by atoms with E-state index in [1.165, 1.54) is 6.20 Å². The smallest absolute Gasteiger partial charge is 0.261 e. The fourth-order valence-corrected chi connectivity index (χ4v) is 0.987. The van der Waals surface area contributed by atoms with Crippen molar-refractivity contribution in [2.45, 2.75) is 0 Å². The first kappa shape index (κ1) is 6.86. The van der Waals surface area contributed by atoms with E-state index in [-0.39, 0.29) is 5.56 Å². The van der Waals surface area contributed by atoms with Crippen LogP contribution < -0.4 is 11.0 Å². The lowest BCUT2D eigenvalue weighted by Crippen LogP contribution is -2.15. The number of pyridine rings is 1. The number of halogens is 1. The zero-order chi connectivity index (χ0) is 6.85. The number of rotatable bonds is 0. The molecule has 0 aromatic carbocycles. The van der Waals surface area contributed by atoms with E-state index < -0.39 is 0 Å². The molecule has 2 radical (unpaired) electrons. The number of hydrogen-bond donors (Lipinski definition) is 1. The Morgan fingerprint density at radius 2 is 2.33 bits per heavy atom. The molecule has 0 saturated heterocycles. The maximum atomic E-state index is 10.7. The van der Waals surface area contributed by atoms with E-state index in [0.717, 1.165) is 0 Å². The van der Waals surface area contributed by atoms with Gasteiger partial charge in [0.1, 0.15) is 7.85 Å². The molecule has 0 saturated carbocycles. The Kier molecular flexibility index (Phi) is 1.95. The highest BCUT2D eigenvalue weighted by Crippen LogP contribution is 1.89. The Hall–Kier alpha value is -0.255. The molecule has 1 aromatic heterocycles. The van der Waals surface area contributed by atoms with Gasteiger partial charge in [0.15, 0.2) is 0 Å². The van der Waals surface area contributed by atoms with Gasteiger partial charge in [-0.15, -0.1) is 0 Å². The number of hydrogen-bond acceptors (Lipinski definition) is 1. The summed E-state index contributed by atoms with van der Waals surface area (Å²) in [4.78, 5) is 13.1. The topological polar surface area (TPSA) is 32.9 Å². The van der Waals surface area contributed by atoms with Crippen molar-refractivity contribution in [2.75, 3.05) is 0 Å². The van der Waals surface area contributed by atoms with Crippen molar-refractivity contribution in [2.24, 2.45) is 0 Å². The van der Waals surface area contributed by atoms with Crippen molar-refractivity contribution in [1.29, 1.82) is 0 Å². The van der Waals surface area contributed by atoms with Crippen LogP contribution in [0.3, 0.4) is 0 Å². The predicted octanol–water partition coefficient (Wildman–Crippen LogP) is -0.227. The van der Waals surface area contributed by atoms with Gasteiger partial charge in [-0.2, -0.15) is 0 Å².